The number of hydrogen-bond acceptors (Lipinski definition) is 4. The van der Waals surface area contributed by atoms with Crippen LogP contribution < -0.4 is 16.0 Å². The van der Waals surface area contributed by atoms with Crippen molar-refractivity contribution in [3.63, 3.8) is 0 Å². The van der Waals surface area contributed by atoms with Gasteiger partial charge in [-0.3, -0.25) is 14.4 Å². The minimum atomic E-state index is -0.894. The number of aliphatic carboxylic acids is 1. The first-order chi connectivity index (χ1) is 20.4. The minimum Gasteiger partial charge on any atom is -0.481 e. The Balaban J connectivity index is 1.86. The molecule has 0 radical (unpaired) electrons. The normalized spacial score (nSPS) is 20.4. The van der Waals surface area contributed by atoms with E-state index in [0.29, 0.717) is 37.0 Å². The van der Waals surface area contributed by atoms with Crippen molar-refractivity contribution in [1.29, 1.82) is 0 Å². The zero-order chi connectivity index (χ0) is 31.6. The average Bonchev–Trinajstić information content (AvgIpc) is 3.59. The number of carboxylic acids is 1. The number of carboxylic acid groups (broad SMARTS) is 1. The number of Topliss-reactive ketones (excluding diaryl/α,β-unsaturated/α-hetero) is 1. The summed E-state index contributed by atoms with van der Waals surface area (Å²) in [7, 11) is 0. The van der Waals surface area contributed by atoms with Crippen LogP contribution in [0.1, 0.15) is 74.2 Å². The van der Waals surface area contributed by atoms with E-state index in [1.54, 1.807) is 13.0 Å². The largest absolute Gasteiger partial charge is 0.481 e. The van der Waals surface area contributed by atoms with E-state index in [9.17, 15) is 24.3 Å². The maximum atomic E-state index is 12.4. The van der Waals surface area contributed by atoms with Crippen molar-refractivity contribution in [2.24, 2.45) is 10.9 Å². The lowest BCUT2D eigenvalue weighted by Gasteiger charge is -2.12. The fraction of sp³-hybridized carbons (Fsp3) is 0.382. The Labute approximate surface area is 251 Å². The topological polar surface area (TPSA) is 144 Å². The van der Waals surface area contributed by atoms with Gasteiger partial charge < -0.3 is 25.2 Å². The van der Waals surface area contributed by atoms with E-state index in [1.807, 2.05) is 52.8 Å². The van der Waals surface area contributed by atoms with E-state index in [-0.39, 0.29) is 36.0 Å². The number of rotatable bonds is 11. The van der Waals surface area contributed by atoms with Gasteiger partial charge in [0.15, 0.2) is 0 Å². The predicted octanol–water partition coefficient (Wildman–Crippen LogP) is 3.21. The van der Waals surface area contributed by atoms with E-state index in [4.69, 9.17) is 0 Å². The zero-order valence-corrected chi connectivity index (χ0v) is 25.7. The molecule has 4 rings (SSSR count). The number of aliphatic imine (C=N–C) groups is 1. The van der Waals surface area contributed by atoms with Gasteiger partial charge in [0.25, 0.3) is 11.8 Å². The van der Waals surface area contributed by atoms with Gasteiger partial charge in [0, 0.05) is 46.9 Å². The molecule has 0 bridgehead atoms. The highest BCUT2D eigenvalue weighted by molar-refractivity contribution is 6.29. The van der Waals surface area contributed by atoms with Crippen LogP contribution in [0.5, 0.6) is 0 Å². The van der Waals surface area contributed by atoms with E-state index < -0.39 is 5.97 Å². The van der Waals surface area contributed by atoms with Gasteiger partial charge in [0.1, 0.15) is 5.78 Å². The fourth-order valence-corrected chi connectivity index (χ4v) is 5.97. The lowest BCUT2D eigenvalue weighted by molar-refractivity contribution is -0.137. The second-order valence-electron chi connectivity index (χ2n) is 11.4. The molecule has 0 aliphatic carbocycles. The number of aromatic nitrogens is 2. The van der Waals surface area contributed by atoms with Crippen molar-refractivity contribution in [3.05, 3.63) is 79.8 Å². The SMILES string of the molecule is C=CC1=C(C)C(Cc2[nH]c(/C=c3\[nH]/c(=C/C4=NC(=O)C(C)/C4=C\C)c(C)c3CCC(=O)O)c(CCC(C)=O)c2C)NC1=O. The van der Waals surface area contributed by atoms with E-state index >= 15 is 0 Å². The van der Waals surface area contributed by atoms with Crippen LogP contribution in [0.3, 0.4) is 0 Å². The fourth-order valence-electron chi connectivity index (χ4n) is 5.97. The predicted molar refractivity (Wildman–Crippen MR) is 167 cm³/mol. The monoisotopic (exact) mass is 584 g/mol. The molecule has 226 valence electrons. The van der Waals surface area contributed by atoms with Crippen LogP contribution in [0.2, 0.25) is 0 Å². The molecule has 2 amide bonds. The summed E-state index contributed by atoms with van der Waals surface area (Å²) in [6, 6.07) is -0.176. The van der Waals surface area contributed by atoms with Crippen LogP contribution >= 0.6 is 0 Å². The van der Waals surface area contributed by atoms with Crippen LogP contribution in [0.15, 0.2) is 40.4 Å². The highest BCUT2D eigenvalue weighted by Gasteiger charge is 2.29. The lowest BCUT2D eigenvalue weighted by Crippen LogP contribution is -2.30. The molecule has 2 aliphatic heterocycles. The Morgan fingerprint density at radius 2 is 1.70 bits per heavy atom. The molecule has 9 nitrogen and oxygen atoms in total. The summed E-state index contributed by atoms with van der Waals surface area (Å²) >= 11 is 0. The number of aromatic amines is 2. The number of ketones is 1. The van der Waals surface area contributed by atoms with Crippen molar-refractivity contribution in [2.75, 3.05) is 0 Å². The zero-order valence-electron chi connectivity index (χ0n) is 25.7. The van der Waals surface area contributed by atoms with Gasteiger partial charge in [0.05, 0.1) is 17.7 Å². The Hall–Kier alpha value is -4.53. The Morgan fingerprint density at radius 1 is 1.00 bits per heavy atom. The number of amides is 2. The Bertz CT molecular complexity index is 1740. The highest BCUT2D eigenvalue weighted by Crippen LogP contribution is 2.27. The quantitative estimate of drug-likeness (QED) is 0.321. The van der Waals surface area contributed by atoms with E-state index in [0.717, 1.165) is 55.5 Å². The summed E-state index contributed by atoms with van der Waals surface area (Å²) in [6.07, 6.45) is 9.04. The number of nitrogens with one attached hydrogen (secondary N) is 3. The number of H-pyrrole nitrogens is 2. The molecular weight excluding hydrogens is 544 g/mol. The summed E-state index contributed by atoms with van der Waals surface area (Å²) in [5, 5.41) is 14.0. The molecule has 4 N–H and O–H groups in total. The molecule has 2 unspecified atom stereocenters. The molecule has 43 heavy (non-hydrogen) atoms. The molecule has 0 fully saturated rings. The van der Waals surface area contributed by atoms with Crippen molar-refractivity contribution >= 4 is 41.4 Å². The average molecular weight is 585 g/mol. The first-order valence-corrected chi connectivity index (χ1v) is 14.6. The summed E-state index contributed by atoms with van der Waals surface area (Å²) in [6.45, 7) is 14.9. The molecular formula is C34H40N4O5. The van der Waals surface area contributed by atoms with E-state index in [1.165, 1.54) is 0 Å². The second-order valence-corrected chi connectivity index (χ2v) is 11.4. The third-order valence-corrected chi connectivity index (χ3v) is 8.64. The van der Waals surface area contributed by atoms with Crippen LogP contribution in [-0.2, 0) is 38.4 Å². The molecule has 0 saturated heterocycles. The van der Waals surface area contributed by atoms with Gasteiger partial charge >= 0.3 is 5.97 Å². The van der Waals surface area contributed by atoms with Crippen molar-refractivity contribution < 1.29 is 24.3 Å². The van der Waals surface area contributed by atoms with Gasteiger partial charge in [-0.1, -0.05) is 18.7 Å². The molecule has 0 aromatic carbocycles. The smallest absolute Gasteiger partial charge is 0.303 e. The standard InChI is InChI=1S/C34H40N4O5/c1-8-22-21(7)33(42)38-29(22)15-27-20(6)25(12-13-32(40)41)31(36-27)16-30-24(11-10-17(3)39)19(5)26(35-30)14-28-18(4)23(9-2)34(43)37-28/h8-9,15-16,21,28,35-36H,2,10-14H2,1,3-7H3,(H,37,43)(H,40,41)/b22-8+,27-15+,31-16-. The summed E-state index contributed by atoms with van der Waals surface area (Å²) in [4.78, 5) is 59.5. The number of allylic oxidation sites excluding steroid dienone is 1. The Kier molecular flexibility index (Phi) is 9.33. The molecule has 2 atom stereocenters. The molecule has 0 saturated carbocycles. The molecule has 4 heterocycles. The summed E-state index contributed by atoms with van der Waals surface area (Å²) in [5.74, 6) is -1.44. The number of hydrogen-bond donors (Lipinski definition) is 4. The molecule has 2 aliphatic rings. The number of carbonyl (C=O) groups is 4. The van der Waals surface area contributed by atoms with Crippen LogP contribution in [0.25, 0.3) is 12.2 Å². The van der Waals surface area contributed by atoms with Gasteiger partial charge in [0.2, 0.25) is 0 Å². The van der Waals surface area contributed by atoms with Gasteiger partial charge in [-0.25, -0.2) is 4.99 Å². The minimum absolute atomic E-state index is 0.0413. The molecule has 2 aromatic heterocycles. The molecule has 9 heteroatoms. The van der Waals surface area contributed by atoms with Crippen LogP contribution in [0, 0.1) is 19.8 Å². The maximum absolute atomic E-state index is 12.4. The second kappa shape index (κ2) is 12.8. The summed E-state index contributed by atoms with van der Waals surface area (Å²) in [5.41, 5.74) is 8.52. The highest BCUT2D eigenvalue weighted by atomic mass is 16.4. The van der Waals surface area contributed by atoms with Gasteiger partial charge in [-0.2, -0.15) is 0 Å². The lowest BCUT2D eigenvalue weighted by atomic mass is 9.98. The molecule has 0 spiro atoms. The maximum Gasteiger partial charge on any atom is 0.303 e. The third-order valence-electron chi connectivity index (χ3n) is 8.64. The summed E-state index contributed by atoms with van der Waals surface area (Å²) < 4.78 is 0. The van der Waals surface area contributed by atoms with Crippen molar-refractivity contribution in [1.82, 2.24) is 15.3 Å². The van der Waals surface area contributed by atoms with Crippen LogP contribution in [0.4, 0.5) is 0 Å². The first kappa shape index (κ1) is 31.4. The van der Waals surface area contributed by atoms with Gasteiger partial charge in [-0.05, 0) is 99.9 Å². The molecule has 2 aromatic rings. The Morgan fingerprint density at radius 3 is 2.30 bits per heavy atom. The van der Waals surface area contributed by atoms with Gasteiger partial charge in [-0.15, -0.1) is 0 Å². The number of nitrogens with zero attached hydrogens (tertiary/aromatic N) is 1. The van der Waals surface area contributed by atoms with Crippen molar-refractivity contribution in [3.8, 4) is 0 Å². The van der Waals surface area contributed by atoms with E-state index in [2.05, 4.69) is 26.9 Å². The van der Waals surface area contributed by atoms with Crippen molar-refractivity contribution in [2.45, 2.75) is 79.7 Å². The number of carbonyl (C=O) groups excluding carboxylic acids is 3. The van der Waals surface area contributed by atoms with Crippen LogP contribution in [-0.4, -0.2) is 50.4 Å². The third kappa shape index (κ3) is 6.45. The first-order valence-electron chi connectivity index (χ1n) is 14.6.